The number of likely N-dealkylation sites (tertiary alicyclic amines) is 1. The molecule has 6 aromatic rings. The summed E-state index contributed by atoms with van der Waals surface area (Å²) in [7, 11) is 0. The number of nitrogens with one attached hydrogen (secondary N) is 3. The summed E-state index contributed by atoms with van der Waals surface area (Å²) in [5, 5.41) is 17.2. The van der Waals surface area contributed by atoms with Crippen LogP contribution >= 0.6 is 0 Å². The number of rotatable bonds is 10. The Balaban J connectivity index is 0.854. The number of hydrogen-bond acceptors (Lipinski definition) is 9. The van der Waals surface area contributed by atoms with E-state index < -0.39 is 11.7 Å². The quantitative estimate of drug-likeness (QED) is 0.125. The van der Waals surface area contributed by atoms with Gasteiger partial charge in [0, 0.05) is 53.2 Å². The zero-order chi connectivity index (χ0) is 39.7. The third kappa shape index (κ3) is 8.39. The van der Waals surface area contributed by atoms with Gasteiger partial charge in [-0.3, -0.25) is 24.8 Å². The van der Waals surface area contributed by atoms with E-state index in [2.05, 4.69) is 77.3 Å². The van der Waals surface area contributed by atoms with E-state index in [0.29, 0.717) is 47.1 Å². The number of pyridine rings is 1. The highest BCUT2D eigenvalue weighted by Gasteiger charge is 2.28. The normalized spacial score (nSPS) is 16.9. The first-order chi connectivity index (χ1) is 27.5. The van der Waals surface area contributed by atoms with Crippen LogP contribution in [0.4, 0.5) is 4.39 Å². The summed E-state index contributed by atoms with van der Waals surface area (Å²) >= 11 is 0. The number of benzene rings is 3. The molecule has 1 unspecified atom stereocenters. The van der Waals surface area contributed by atoms with Crippen LogP contribution in [0.25, 0.3) is 33.4 Å². The summed E-state index contributed by atoms with van der Waals surface area (Å²) in [6, 6.07) is 23.8. The molecule has 57 heavy (non-hydrogen) atoms. The maximum absolute atomic E-state index is 15.3. The lowest BCUT2D eigenvalue weighted by Crippen LogP contribution is -2.39. The Bertz CT molecular complexity index is 2430. The molecule has 0 bridgehead atoms. The molecule has 0 radical (unpaired) electrons. The third-order valence-electron chi connectivity index (χ3n) is 11.1. The van der Waals surface area contributed by atoms with Gasteiger partial charge in [0.2, 0.25) is 11.8 Å². The molecule has 12 nitrogen and oxygen atoms in total. The zero-order valence-electron chi connectivity index (χ0n) is 32.3. The predicted molar refractivity (Wildman–Crippen MR) is 213 cm³/mol. The largest absolute Gasteiger partial charge is 0.344 e. The molecule has 0 spiro atoms. The van der Waals surface area contributed by atoms with Crippen molar-refractivity contribution in [1.29, 1.82) is 0 Å². The highest BCUT2D eigenvalue weighted by atomic mass is 19.1. The molecule has 1 atom stereocenters. The second-order valence-electron chi connectivity index (χ2n) is 16.1. The fraction of sp³-hybridized carbons (Fsp3) is 0.341. The van der Waals surface area contributed by atoms with E-state index in [1.54, 1.807) is 12.1 Å². The number of piperidine rings is 2. The first-order valence-corrected chi connectivity index (χ1v) is 19.5. The Kier molecular flexibility index (Phi) is 10.5. The Hall–Kier alpha value is -6.08. The number of imide groups is 1. The van der Waals surface area contributed by atoms with Gasteiger partial charge >= 0.3 is 11.8 Å². The SMILES string of the molecule is CC(C)(C)c1noc(C(=O)NCc2ccc(-c3n[nH]c4ncc(-c5ccc(C6CCN(CCc7ccc(C8CCC(=O)NC8=O)cc7)CC6)cc5)cc34)cc2F)n1. The van der Waals surface area contributed by atoms with E-state index in [4.69, 9.17) is 4.52 Å². The van der Waals surface area contributed by atoms with Crippen molar-refractivity contribution in [2.24, 2.45) is 0 Å². The fourth-order valence-electron chi connectivity index (χ4n) is 7.64. The lowest BCUT2D eigenvalue weighted by molar-refractivity contribution is -0.134. The first-order valence-electron chi connectivity index (χ1n) is 19.5. The van der Waals surface area contributed by atoms with E-state index in [9.17, 15) is 14.4 Å². The topological polar surface area (TPSA) is 159 Å². The van der Waals surface area contributed by atoms with Crippen molar-refractivity contribution in [3.63, 3.8) is 0 Å². The number of fused-ring (bicyclic) bond motifs is 1. The smallest absolute Gasteiger partial charge is 0.315 e. The van der Waals surface area contributed by atoms with E-state index in [0.717, 1.165) is 61.0 Å². The van der Waals surface area contributed by atoms with Crippen molar-refractivity contribution >= 4 is 28.8 Å². The van der Waals surface area contributed by atoms with Crippen LogP contribution in [0.3, 0.4) is 0 Å². The minimum absolute atomic E-state index is 0.0494. The standard InChI is InChI=1S/C44H45FN8O4/c1-44(2,3)43-49-42(57-52-43)41(56)47-24-32-13-12-31(23-36(32)45)38-35-22-33(25-46-39(35)51-50-38)28-10-8-27(9-11-28)29-17-20-53(21-18-29)19-16-26-4-6-30(7-5-26)34-14-15-37(54)48-40(34)55/h4-13,22-23,25,29,34H,14-21,24H2,1-3H3,(H,47,56)(H,46,50,51)(H,48,54,55). The summed E-state index contributed by atoms with van der Waals surface area (Å²) in [4.78, 5) is 47.6. The van der Waals surface area contributed by atoms with Crippen LogP contribution in [0.5, 0.6) is 0 Å². The third-order valence-corrected chi connectivity index (χ3v) is 11.1. The zero-order valence-corrected chi connectivity index (χ0v) is 32.3. The van der Waals surface area contributed by atoms with Gasteiger partial charge in [-0.05, 0) is 79.1 Å². The lowest BCUT2D eigenvalue weighted by atomic mass is 9.88. The molecule has 2 fully saturated rings. The monoisotopic (exact) mass is 768 g/mol. The molecule has 3 aromatic carbocycles. The van der Waals surface area contributed by atoms with Crippen molar-refractivity contribution in [3.8, 4) is 22.4 Å². The Labute approximate surface area is 329 Å². The van der Waals surface area contributed by atoms with Crippen LogP contribution in [0.2, 0.25) is 0 Å². The molecule has 3 N–H and O–H groups in total. The maximum Gasteiger partial charge on any atom is 0.315 e. The molecule has 2 aliphatic heterocycles. The van der Waals surface area contributed by atoms with Gasteiger partial charge in [-0.2, -0.15) is 10.1 Å². The van der Waals surface area contributed by atoms with Crippen LogP contribution in [-0.2, 0) is 28.0 Å². The number of H-pyrrole nitrogens is 1. The predicted octanol–water partition coefficient (Wildman–Crippen LogP) is 6.98. The molecule has 5 heterocycles. The molecule has 0 aliphatic carbocycles. The van der Waals surface area contributed by atoms with Gasteiger partial charge in [-0.15, -0.1) is 0 Å². The number of amides is 3. The second-order valence-corrected chi connectivity index (χ2v) is 16.1. The Morgan fingerprint density at radius 1 is 0.930 bits per heavy atom. The van der Waals surface area contributed by atoms with Crippen molar-refractivity contribution in [2.75, 3.05) is 19.6 Å². The van der Waals surface area contributed by atoms with Crippen LogP contribution in [0, 0.1) is 5.82 Å². The number of aromatic nitrogens is 5. The van der Waals surface area contributed by atoms with Crippen LogP contribution in [0.1, 0.15) is 97.1 Å². The van der Waals surface area contributed by atoms with Crippen molar-refractivity contribution in [1.82, 2.24) is 40.9 Å². The van der Waals surface area contributed by atoms with Gasteiger partial charge in [-0.1, -0.05) is 86.6 Å². The van der Waals surface area contributed by atoms with Gasteiger partial charge in [0.25, 0.3) is 0 Å². The highest BCUT2D eigenvalue weighted by molar-refractivity contribution is 6.01. The second kappa shape index (κ2) is 15.8. The van der Waals surface area contributed by atoms with Gasteiger partial charge in [0.05, 0.1) is 5.92 Å². The van der Waals surface area contributed by atoms with Gasteiger partial charge in [0.1, 0.15) is 11.5 Å². The molecular formula is C44H45FN8O4. The fourth-order valence-corrected chi connectivity index (χ4v) is 7.64. The molecule has 0 saturated carbocycles. The van der Waals surface area contributed by atoms with Crippen molar-refractivity contribution in [3.05, 3.63) is 119 Å². The minimum Gasteiger partial charge on any atom is -0.344 e. The van der Waals surface area contributed by atoms with Crippen LogP contribution < -0.4 is 10.6 Å². The summed E-state index contributed by atoms with van der Waals surface area (Å²) in [6.45, 7) is 8.77. The van der Waals surface area contributed by atoms with E-state index in [-0.39, 0.29) is 35.6 Å². The summed E-state index contributed by atoms with van der Waals surface area (Å²) in [5.41, 5.74) is 7.24. The van der Waals surface area contributed by atoms with E-state index >= 15 is 4.39 Å². The van der Waals surface area contributed by atoms with Gasteiger partial charge < -0.3 is 14.7 Å². The Morgan fingerprint density at radius 3 is 2.37 bits per heavy atom. The highest BCUT2D eigenvalue weighted by Crippen LogP contribution is 2.33. The Morgan fingerprint density at radius 2 is 1.67 bits per heavy atom. The maximum atomic E-state index is 15.3. The number of nitrogens with zero attached hydrogens (tertiary/aromatic N) is 5. The average molecular weight is 769 g/mol. The number of aromatic amines is 1. The molecule has 3 aromatic heterocycles. The number of carbonyl (C=O) groups excluding carboxylic acids is 3. The molecule has 2 aliphatic rings. The summed E-state index contributed by atoms with van der Waals surface area (Å²) in [6.07, 6.45) is 5.92. The molecule has 3 amide bonds. The average Bonchev–Trinajstić information content (AvgIpc) is 3.89. The van der Waals surface area contributed by atoms with E-state index in [1.165, 1.54) is 17.2 Å². The first kappa shape index (κ1) is 37.8. The molecule has 2 saturated heterocycles. The van der Waals surface area contributed by atoms with Gasteiger partial charge in [-0.25, -0.2) is 9.37 Å². The van der Waals surface area contributed by atoms with E-state index in [1.807, 2.05) is 45.2 Å². The summed E-state index contributed by atoms with van der Waals surface area (Å²) in [5.74, 6) is -0.940. The van der Waals surface area contributed by atoms with Crippen LogP contribution in [-0.4, -0.2) is 67.6 Å². The van der Waals surface area contributed by atoms with Crippen LogP contribution in [0.15, 0.2) is 83.5 Å². The van der Waals surface area contributed by atoms with Crippen molar-refractivity contribution < 1.29 is 23.3 Å². The van der Waals surface area contributed by atoms with Crippen molar-refractivity contribution in [2.45, 2.75) is 76.7 Å². The number of carbonyl (C=O) groups is 3. The molecule has 8 rings (SSSR count). The van der Waals surface area contributed by atoms with Gasteiger partial charge in [0.15, 0.2) is 11.5 Å². The number of halogens is 1. The minimum atomic E-state index is -0.571. The summed E-state index contributed by atoms with van der Waals surface area (Å²) < 4.78 is 20.4. The molecular weight excluding hydrogens is 724 g/mol. The lowest BCUT2D eigenvalue weighted by Gasteiger charge is -2.32. The number of hydrogen-bond donors (Lipinski definition) is 3. The molecule has 13 heteroatoms. The molecule has 292 valence electrons.